The van der Waals surface area contributed by atoms with E-state index in [0.29, 0.717) is 41.2 Å². The van der Waals surface area contributed by atoms with Gasteiger partial charge in [-0.3, -0.25) is 5.10 Å². The van der Waals surface area contributed by atoms with Gasteiger partial charge < -0.3 is 21.8 Å². The molecule has 1 aromatic carbocycles. The Bertz CT molecular complexity index is 1080. The van der Waals surface area contributed by atoms with Crippen molar-refractivity contribution in [1.82, 2.24) is 25.7 Å². The van der Waals surface area contributed by atoms with Gasteiger partial charge in [0.05, 0.1) is 23.6 Å². The highest BCUT2D eigenvalue weighted by atomic mass is 19.1. The Labute approximate surface area is 186 Å². The maximum atomic E-state index is 15.2. The number of alkyl halides is 1. The Morgan fingerprint density at radius 1 is 1.25 bits per heavy atom. The van der Waals surface area contributed by atoms with Crippen LogP contribution in [0, 0.1) is 11.3 Å². The monoisotopic (exact) mass is 436 g/mol. The van der Waals surface area contributed by atoms with Crippen LogP contribution in [-0.4, -0.2) is 51.4 Å². The zero-order chi connectivity index (χ0) is 22.9. The Morgan fingerprint density at radius 2 is 2.03 bits per heavy atom. The van der Waals surface area contributed by atoms with E-state index >= 15 is 4.39 Å². The second-order valence-electron chi connectivity index (χ2n) is 8.71. The van der Waals surface area contributed by atoms with Crippen molar-refractivity contribution in [3.05, 3.63) is 42.2 Å². The predicted octanol–water partition coefficient (Wildman–Crippen LogP) is 3.64. The summed E-state index contributed by atoms with van der Waals surface area (Å²) in [7, 11) is 1.92. The topological polar surface area (TPSA) is 128 Å². The van der Waals surface area contributed by atoms with Crippen LogP contribution in [0.3, 0.4) is 0 Å². The Hall–Kier alpha value is -3.33. The van der Waals surface area contributed by atoms with E-state index in [1.807, 2.05) is 25.2 Å². The molecule has 8 nitrogen and oxygen atoms in total. The highest BCUT2D eigenvalue weighted by Crippen LogP contribution is 2.37. The first-order chi connectivity index (χ1) is 15.3. The van der Waals surface area contributed by atoms with Crippen LogP contribution in [0.25, 0.3) is 22.4 Å². The van der Waals surface area contributed by atoms with Crippen molar-refractivity contribution in [2.75, 3.05) is 18.1 Å². The Balaban J connectivity index is 1.57. The van der Waals surface area contributed by atoms with Gasteiger partial charge in [0.2, 0.25) is 0 Å². The molecule has 0 bridgehead atoms. The number of rotatable bonds is 6. The zero-order valence-corrected chi connectivity index (χ0v) is 18.5. The molecule has 1 saturated carbocycles. The normalized spacial score (nSPS) is 25.4. The second-order valence-corrected chi connectivity index (χ2v) is 8.71. The lowest BCUT2D eigenvalue weighted by Crippen LogP contribution is -2.53. The average molecular weight is 437 g/mol. The lowest BCUT2D eigenvalue weighted by molar-refractivity contribution is 0.0659. The first-order valence-corrected chi connectivity index (χ1v) is 10.7. The molecule has 4 rings (SSSR count). The van der Waals surface area contributed by atoms with Crippen LogP contribution in [0.2, 0.25) is 0 Å². The summed E-state index contributed by atoms with van der Waals surface area (Å²) >= 11 is 0. The smallest absolute Gasteiger partial charge is 0.149 e. The Kier molecular flexibility index (Phi) is 5.92. The van der Waals surface area contributed by atoms with E-state index in [2.05, 4.69) is 38.0 Å². The standard InChI is InChI=1S/C23H29FN8/c1-13-9-23(2,24)20(8-19(13)27-3)30-21-7-6-18(31-32-21)16-5-4-15(14-11-28-29-12-14)17(10-25)22(16)26/h4-7,10-13,19-20,25,27H,8-9,26H2,1-3H3,(H,28,29)(H,30,32). The molecule has 2 heterocycles. The number of aromatic nitrogens is 4. The van der Waals surface area contributed by atoms with E-state index in [1.54, 1.807) is 25.4 Å². The molecule has 3 aromatic rings. The quantitative estimate of drug-likeness (QED) is 0.296. The number of hydrogen-bond acceptors (Lipinski definition) is 7. The van der Waals surface area contributed by atoms with Gasteiger partial charge in [-0.15, -0.1) is 10.2 Å². The third-order valence-electron chi connectivity index (χ3n) is 6.50. The fourth-order valence-electron chi connectivity index (χ4n) is 4.65. The van der Waals surface area contributed by atoms with Gasteiger partial charge in [-0.2, -0.15) is 5.10 Å². The molecular weight excluding hydrogens is 407 g/mol. The van der Waals surface area contributed by atoms with E-state index in [4.69, 9.17) is 11.1 Å². The minimum atomic E-state index is -1.33. The van der Waals surface area contributed by atoms with Crippen LogP contribution in [0.15, 0.2) is 36.7 Å². The molecular formula is C23H29FN8. The number of nitrogen functional groups attached to an aromatic ring is 1. The summed E-state index contributed by atoms with van der Waals surface area (Å²) in [5, 5.41) is 29.7. The summed E-state index contributed by atoms with van der Waals surface area (Å²) < 4.78 is 15.2. The van der Waals surface area contributed by atoms with Gasteiger partial charge in [-0.05, 0) is 50.4 Å². The lowest BCUT2D eigenvalue weighted by Gasteiger charge is -2.43. The SMILES string of the molecule is CNC1CC(Nc2ccc(-c3ccc(-c4cn[nH]c4)c(C=N)c3N)nn2)C(C)(F)CC1C. The number of anilines is 2. The minimum Gasteiger partial charge on any atom is -0.398 e. The molecule has 4 unspecified atom stereocenters. The van der Waals surface area contributed by atoms with E-state index in [1.165, 1.54) is 6.21 Å². The molecule has 0 spiro atoms. The molecule has 9 heteroatoms. The van der Waals surface area contributed by atoms with Crippen LogP contribution < -0.4 is 16.4 Å². The highest BCUT2D eigenvalue weighted by molar-refractivity contribution is 5.99. The average Bonchev–Trinajstić information content (AvgIpc) is 3.30. The van der Waals surface area contributed by atoms with Gasteiger partial charge >= 0.3 is 0 Å². The summed E-state index contributed by atoms with van der Waals surface area (Å²) in [6, 6.07) is 7.24. The molecule has 32 heavy (non-hydrogen) atoms. The number of nitrogens with one attached hydrogen (secondary N) is 4. The number of hydrogen-bond donors (Lipinski definition) is 5. The van der Waals surface area contributed by atoms with Crippen molar-refractivity contribution in [2.24, 2.45) is 5.92 Å². The van der Waals surface area contributed by atoms with Crippen LogP contribution in [-0.2, 0) is 0 Å². The number of aromatic amines is 1. The third kappa shape index (κ3) is 4.08. The number of H-pyrrole nitrogens is 1. The van der Waals surface area contributed by atoms with Gasteiger partial charge in [0, 0.05) is 35.1 Å². The second kappa shape index (κ2) is 8.66. The van der Waals surface area contributed by atoms with Gasteiger partial charge in [0.25, 0.3) is 0 Å². The van der Waals surface area contributed by atoms with Crippen LogP contribution >= 0.6 is 0 Å². The van der Waals surface area contributed by atoms with Gasteiger partial charge in [-0.25, -0.2) is 4.39 Å². The molecule has 1 aliphatic rings. The molecule has 2 aromatic heterocycles. The maximum absolute atomic E-state index is 15.2. The summed E-state index contributed by atoms with van der Waals surface area (Å²) in [6.07, 6.45) is 5.82. The van der Waals surface area contributed by atoms with Gasteiger partial charge in [-0.1, -0.05) is 19.1 Å². The molecule has 0 radical (unpaired) electrons. The van der Waals surface area contributed by atoms with Crippen molar-refractivity contribution in [3.8, 4) is 22.4 Å². The van der Waals surface area contributed by atoms with Crippen molar-refractivity contribution in [1.29, 1.82) is 5.41 Å². The number of halogens is 1. The van der Waals surface area contributed by atoms with E-state index < -0.39 is 5.67 Å². The van der Waals surface area contributed by atoms with Crippen molar-refractivity contribution in [2.45, 2.75) is 44.4 Å². The van der Waals surface area contributed by atoms with E-state index in [-0.39, 0.29) is 18.0 Å². The largest absolute Gasteiger partial charge is 0.398 e. The molecule has 1 fully saturated rings. The summed E-state index contributed by atoms with van der Waals surface area (Å²) in [5.74, 6) is 0.783. The first-order valence-electron chi connectivity index (χ1n) is 10.7. The van der Waals surface area contributed by atoms with Crippen LogP contribution in [0.4, 0.5) is 15.9 Å². The Morgan fingerprint density at radius 3 is 2.66 bits per heavy atom. The minimum absolute atomic E-state index is 0.247. The summed E-state index contributed by atoms with van der Waals surface area (Å²) in [5.41, 5.74) is 9.02. The lowest BCUT2D eigenvalue weighted by atomic mass is 9.74. The van der Waals surface area contributed by atoms with Crippen molar-refractivity contribution in [3.63, 3.8) is 0 Å². The van der Waals surface area contributed by atoms with E-state index in [0.717, 1.165) is 11.1 Å². The fraction of sp³-hybridized carbons (Fsp3) is 0.391. The fourth-order valence-corrected chi connectivity index (χ4v) is 4.65. The molecule has 0 amide bonds. The summed E-state index contributed by atoms with van der Waals surface area (Å²) in [4.78, 5) is 0. The molecule has 1 aliphatic carbocycles. The number of nitrogens with two attached hydrogens (primary N) is 1. The number of benzene rings is 1. The molecule has 0 saturated heterocycles. The first kappa shape index (κ1) is 21.9. The highest BCUT2D eigenvalue weighted by Gasteiger charge is 2.43. The van der Waals surface area contributed by atoms with Crippen LogP contribution in [0.1, 0.15) is 32.3 Å². The van der Waals surface area contributed by atoms with Gasteiger partial charge in [0.15, 0.2) is 0 Å². The molecule has 6 N–H and O–H groups in total. The molecule has 4 atom stereocenters. The van der Waals surface area contributed by atoms with E-state index in [9.17, 15) is 0 Å². The van der Waals surface area contributed by atoms with Crippen molar-refractivity contribution >= 4 is 17.7 Å². The molecule has 0 aliphatic heterocycles. The van der Waals surface area contributed by atoms with Gasteiger partial charge in [0.1, 0.15) is 11.5 Å². The maximum Gasteiger partial charge on any atom is 0.149 e. The summed E-state index contributed by atoms with van der Waals surface area (Å²) in [6.45, 7) is 3.73. The van der Waals surface area contributed by atoms with Crippen LogP contribution in [0.5, 0.6) is 0 Å². The zero-order valence-electron chi connectivity index (χ0n) is 18.5. The molecule has 168 valence electrons. The van der Waals surface area contributed by atoms with Crippen molar-refractivity contribution < 1.29 is 4.39 Å². The third-order valence-corrected chi connectivity index (χ3v) is 6.50. The number of nitrogens with zero attached hydrogens (tertiary/aromatic N) is 3. The predicted molar refractivity (Wildman–Crippen MR) is 126 cm³/mol.